The highest BCUT2D eigenvalue weighted by molar-refractivity contribution is 6.02. The van der Waals surface area contributed by atoms with Crippen LogP contribution in [0.25, 0.3) is 0 Å². The summed E-state index contributed by atoms with van der Waals surface area (Å²) < 4.78 is 14.2. The number of ether oxygens (including phenoxy) is 3. The van der Waals surface area contributed by atoms with Crippen molar-refractivity contribution in [3.8, 4) is 0 Å². The molecule has 3 atom stereocenters. The van der Waals surface area contributed by atoms with Gasteiger partial charge in [-0.1, -0.05) is 64.7 Å². The molecule has 1 fully saturated rings. The maximum absolute atomic E-state index is 12.4. The molecule has 0 amide bonds. The molecule has 0 spiro atoms. The number of carbonyl (C=O) groups is 3. The largest absolute Gasteiger partial charge is 0.467 e. The highest BCUT2D eigenvalue weighted by Crippen LogP contribution is 2.43. The van der Waals surface area contributed by atoms with Gasteiger partial charge in [0.25, 0.3) is 5.60 Å². The zero-order chi connectivity index (χ0) is 21.2. The van der Waals surface area contributed by atoms with Crippen molar-refractivity contribution in [3.63, 3.8) is 0 Å². The van der Waals surface area contributed by atoms with Crippen molar-refractivity contribution >= 4 is 17.9 Å². The molecule has 162 valence electrons. The number of cyclic esters (lactones) is 1. The Morgan fingerprint density at radius 3 is 1.86 bits per heavy atom. The Labute approximate surface area is 166 Å². The molecule has 0 radical (unpaired) electrons. The molecule has 8 heteroatoms. The van der Waals surface area contributed by atoms with Gasteiger partial charge >= 0.3 is 17.9 Å². The van der Waals surface area contributed by atoms with Gasteiger partial charge in [0.2, 0.25) is 5.60 Å². The van der Waals surface area contributed by atoms with E-state index >= 15 is 0 Å². The fourth-order valence-corrected chi connectivity index (χ4v) is 3.70. The summed E-state index contributed by atoms with van der Waals surface area (Å²) in [7, 11) is 2.04. The molecule has 1 aliphatic heterocycles. The van der Waals surface area contributed by atoms with Gasteiger partial charge in [0.1, 0.15) is 0 Å². The summed E-state index contributed by atoms with van der Waals surface area (Å²) in [6.45, 7) is 2.18. The lowest BCUT2D eigenvalue weighted by Gasteiger charge is -2.35. The minimum absolute atomic E-state index is 0.148. The van der Waals surface area contributed by atoms with Gasteiger partial charge in [0.15, 0.2) is 6.10 Å². The molecule has 8 nitrogen and oxygen atoms in total. The Bertz CT molecular complexity index is 534. The third kappa shape index (κ3) is 5.03. The molecule has 0 unspecified atom stereocenters. The topological polar surface area (TPSA) is 119 Å². The highest BCUT2D eigenvalue weighted by atomic mass is 16.6. The quantitative estimate of drug-likeness (QED) is 0.273. The van der Waals surface area contributed by atoms with E-state index in [4.69, 9.17) is 4.74 Å². The number of aliphatic hydroxyl groups excluding tert-OH is 1. The average molecular weight is 402 g/mol. The first-order chi connectivity index (χ1) is 13.3. The van der Waals surface area contributed by atoms with Gasteiger partial charge in [-0.05, 0) is 6.42 Å². The Morgan fingerprint density at radius 1 is 0.929 bits per heavy atom. The molecule has 1 aliphatic rings. The molecular weight excluding hydrogens is 368 g/mol. The monoisotopic (exact) mass is 402 g/mol. The molecule has 28 heavy (non-hydrogen) atoms. The van der Waals surface area contributed by atoms with Gasteiger partial charge < -0.3 is 24.4 Å². The summed E-state index contributed by atoms with van der Waals surface area (Å²) in [6.07, 6.45) is 8.03. The van der Waals surface area contributed by atoms with E-state index in [1.54, 1.807) is 0 Å². The van der Waals surface area contributed by atoms with Crippen LogP contribution in [-0.4, -0.2) is 59.6 Å². The van der Waals surface area contributed by atoms with Crippen LogP contribution in [-0.2, 0) is 28.6 Å². The molecule has 0 aromatic heterocycles. The predicted molar refractivity (Wildman–Crippen MR) is 100 cm³/mol. The third-order valence-corrected chi connectivity index (χ3v) is 5.40. The van der Waals surface area contributed by atoms with Crippen LogP contribution in [0.15, 0.2) is 0 Å². The van der Waals surface area contributed by atoms with Crippen LogP contribution in [0.2, 0.25) is 0 Å². The summed E-state index contributed by atoms with van der Waals surface area (Å²) in [4.78, 5) is 36.4. The molecule has 0 saturated carbocycles. The second-order valence-corrected chi connectivity index (χ2v) is 7.33. The molecular formula is C20H34O8. The lowest BCUT2D eigenvalue weighted by Crippen LogP contribution is -2.66. The van der Waals surface area contributed by atoms with Gasteiger partial charge in [-0.25, -0.2) is 14.4 Å². The van der Waals surface area contributed by atoms with Crippen LogP contribution in [0.5, 0.6) is 0 Å². The molecule has 0 bridgehead atoms. The normalized spacial score (nSPS) is 26.8. The second kappa shape index (κ2) is 11.4. The van der Waals surface area contributed by atoms with E-state index < -0.39 is 35.2 Å². The van der Waals surface area contributed by atoms with Gasteiger partial charge in [0.05, 0.1) is 14.2 Å². The number of esters is 3. The van der Waals surface area contributed by atoms with Crippen molar-refractivity contribution in [3.05, 3.63) is 0 Å². The number of methoxy groups -OCH3 is 2. The van der Waals surface area contributed by atoms with Gasteiger partial charge in [-0.3, -0.25) is 0 Å². The van der Waals surface area contributed by atoms with E-state index in [0.29, 0.717) is 6.42 Å². The van der Waals surface area contributed by atoms with E-state index in [-0.39, 0.29) is 6.42 Å². The van der Waals surface area contributed by atoms with E-state index in [9.17, 15) is 24.6 Å². The zero-order valence-electron chi connectivity index (χ0n) is 17.2. The number of aliphatic hydroxyl groups is 2. The first-order valence-corrected chi connectivity index (χ1v) is 10.1. The molecule has 1 saturated heterocycles. The molecule has 0 aromatic rings. The number of hydrogen-bond donors (Lipinski definition) is 2. The van der Waals surface area contributed by atoms with Crippen molar-refractivity contribution in [2.75, 3.05) is 14.2 Å². The highest BCUT2D eigenvalue weighted by Gasteiger charge is 2.75. The van der Waals surface area contributed by atoms with Crippen molar-refractivity contribution in [1.29, 1.82) is 0 Å². The van der Waals surface area contributed by atoms with Gasteiger partial charge in [-0.15, -0.1) is 0 Å². The van der Waals surface area contributed by atoms with Crippen LogP contribution >= 0.6 is 0 Å². The molecule has 1 heterocycles. The minimum Gasteiger partial charge on any atom is -0.467 e. The summed E-state index contributed by atoms with van der Waals surface area (Å²) in [5.41, 5.74) is -5.16. The number of carbonyl (C=O) groups excluding carboxylic acids is 3. The molecule has 1 rings (SSSR count). The van der Waals surface area contributed by atoms with E-state index in [2.05, 4.69) is 16.4 Å². The van der Waals surface area contributed by atoms with Crippen molar-refractivity contribution in [1.82, 2.24) is 0 Å². The van der Waals surface area contributed by atoms with E-state index in [0.717, 1.165) is 39.9 Å². The van der Waals surface area contributed by atoms with E-state index in [1.165, 1.54) is 32.1 Å². The predicted octanol–water partition coefficient (Wildman–Crippen LogP) is 2.03. The smallest absolute Gasteiger partial charge is 0.354 e. The second-order valence-electron chi connectivity index (χ2n) is 7.33. The van der Waals surface area contributed by atoms with Crippen LogP contribution in [0, 0.1) is 0 Å². The minimum atomic E-state index is -2.84. The van der Waals surface area contributed by atoms with Crippen LogP contribution in [0.4, 0.5) is 0 Å². The maximum atomic E-state index is 12.4. The maximum Gasteiger partial charge on any atom is 0.354 e. The first kappa shape index (κ1) is 24.4. The number of hydrogen-bond acceptors (Lipinski definition) is 8. The third-order valence-electron chi connectivity index (χ3n) is 5.40. The van der Waals surface area contributed by atoms with Crippen LogP contribution in [0.1, 0.15) is 77.6 Å². The first-order valence-electron chi connectivity index (χ1n) is 10.1. The van der Waals surface area contributed by atoms with Crippen LogP contribution in [0.3, 0.4) is 0 Å². The number of rotatable bonds is 13. The molecule has 0 aromatic carbocycles. The Balaban J connectivity index is 2.65. The lowest BCUT2D eigenvalue weighted by atomic mass is 9.77. The molecule has 2 N–H and O–H groups in total. The fraction of sp³-hybridized carbons (Fsp3) is 0.850. The summed E-state index contributed by atoms with van der Waals surface area (Å²) in [6, 6.07) is 0. The summed E-state index contributed by atoms with van der Waals surface area (Å²) >= 11 is 0. The zero-order valence-corrected chi connectivity index (χ0v) is 17.2. The fourth-order valence-electron chi connectivity index (χ4n) is 3.70. The standard InChI is InChI=1S/C20H34O8/c1-4-5-6-7-8-9-10-11-12-13-14-19(17(23)26-2)20(25,18(24)27-3)15(21)16(22)28-19/h15,21,25H,4-14H2,1-3H3/t15-,19-,20+/m0/s1. The summed E-state index contributed by atoms with van der Waals surface area (Å²) in [5.74, 6) is -3.67. The van der Waals surface area contributed by atoms with Gasteiger partial charge in [0, 0.05) is 6.42 Å². The summed E-state index contributed by atoms with van der Waals surface area (Å²) in [5, 5.41) is 20.8. The lowest BCUT2D eigenvalue weighted by molar-refractivity contribution is -0.207. The van der Waals surface area contributed by atoms with Gasteiger partial charge in [-0.2, -0.15) is 0 Å². The van der Waals surface area contributed by atoms with E-state index in [1.807, 2.05) is 0 Å². The Morgan fingerprint density at radius 2 is 1.39 bits per heavy atom. The Kier molecular flexibility index (Phi) is 9.89. The van der Waals surface area contributed by atoms with Crippen molar-refractivity contribution in [2.45, 2.75) is 94.9 Å². The van der Waals surface area contributed by atoms with Crippen molar-refractivity contribution < 1.29 is 38.8 Å². The number of unbranched alkanes of at least 4 members (excludes halogenated alkanes) is 9. The SMILES string of the molecule is CCCCCCCCCCCC[C@@]1(C(=O)OC)OC(=O)[C@H](O)[C@@]1(O)C(=O)OC. The Hall–Kier alpha value is -1.67. The average Bonchev–Trinajstić information content (AvgIpc) is 2.90. The van der Waals surface area contributed by atoms with Crippen LogP contribution < -0.4 is 0 Å². The van der Waals surface area contributed by atoms with Crippen molar-refractivity contribution in [2.24, 2.45) is 0 Å². The molecule has 0 aliphatic carbocycles.